The van der Waals surface area contributed by atoms with Gasteiger partial charge in [-0.05, 0) is 25.0 Å². The topological polar surface area (TPSA) is 55.6 Å². The standard InChI is InChI=1S/C11H14N2O3/c1-12(2)8-3-6-11(16-9-4-5-9)10(7-8)13(14)15/h3,6-7,9H,4-5H2,1-2H3. The number of ether oxygens (including phenoxy) is 1. The summed E-state index contributed by atoms with van der Waals surface area (Å²) in [4.78, 5) is 12.3. The van der Waals surface area contributed by atoms with Crippen molar-refractivity contribution in [3.05, 3.63) is 28.3 Å². The lowest BCUT2D eigenvalue weighted by Gasteiger charge is -2.13. The number of hydrogen-bond donors (Lipinski definition) is 0. The molecule has 1 saturated carbocycles. The smallest absolute Gasteiger partial charge is 0.312 e. The molecule has 1 fully saturated rings. The van der Waals surface area contributed by atoms with Gasteiger partial charge in [0.2, 0.25) is 0 Å². The molecule has 0 spiro atoms. The van der Waals surface area contributed by atoms with E-state index in [4.69, 9.17) is 4.74 Å². The van der Waals surface area contributed by atoms with Gasteiger partial charge in [-0.1, -0.05) is 0 Å². The summed E-state index contributed by atoms with van der Waals surface area (Å²) in [6, 6.07) is 5.04. The zero-order valence-corrected chi connectivity index (χ0v) is 9.34. The molecule has 1 aromatic carbocycles. The third kappa shape index (κ3) is 2.24. The number of hydrogen-bond acceptors (Lipinski definition) is 4. The van der Waals surface area contributed by atoms with E-state index in [1.807, 2.05) is 25.1 Å². The van der Waals surface area contributed by atoms with Gasteiger partial charge in [-0.25, -0.2) is 0 Å². The number of nitrogens with zero attached hydrogens (tertiary/aromatic N) is 2. The first-order valence-corrected chi connectivity index (χ1v) is 5.20. The lowest BCUT2D eigenvalue weighted by molar-refractivity contribution is -0.385. The van der Waals surface area contributed by atoms with Crippen LogP contribution < -0.4 is 9.64 Å². The molecule has 0 unspecified atom stereocenters. The highest BCUT2D eigenvalue weighted by Gasteiger charge is 2.27. The lowest BCUT2D eigenvalue weighted by atomic mass is 10.2. The van der Waals surface area contributed by atoms with Gasteiger partial charge < -0.3 is 9.64 Å². The maximum absolute atomic E-state index is 10.9. The van der Waals surface area contributed by atoms with Crippen LogP contribution in [0.25, 0.3) is 0 Å². The number of benzene rings is 1. The fourth-order valence-corrected chi connectivity index (χ4v) is 1.39. The highest BCUT2D eigenvalue weighted by atomic mass is 16.6. The molecule has 0 atom stereocenters. The molecule has 5 heteroatoms. The summed E-state index contributed by atoms with van der Waals surface area (Å²) in [7, 11) is 3.70. The molecule has 0 radical (unpaired) electrons. The van der Waals surface area contributed by atoms with Crippen molar-refractivity contribution < 1.29 is 9.66 Å². The lowest BCUT2D eigenvalue weighted by Crippen LogP contribution is -2.09. The zero-order valence-electron chi connectivity index (χ0n) is 9.34. The quantitative estimate of drug-likeness (QED) is 0.579. The normalized spacial score (nSPS) is 14.6. The predicted octanol–water partition coefficient (Wildman–Crippen LogP) is 2.20. The molecule has 0 N–H and O–H groups in total. The molecule has 5 nitrogen and oxygen atoms in total. The van der Waals surface area contributed by atoms with Gasteiger partial charge in [-0.15, -0.1) is 0 Å². The minimum absolute atomic E-state index is 0.0399. The van der Waals surface area contributed by atoms with E-state index in [2.05, 4.69) is 0 Å². The number of rotatable bonds is 4. The second-order valence-corrected chi connectivity index (χ2v) is 4.12. The molecule has 0 heterocycles. The summed E-state index contributed by atoms with van der Waals surface area (Å²) >= 11 is 0. The summed E-state index contributed by atoms with van der Waals surface area (Å²) in [6.45, 7) is 0. The van der Waals surface area contributed by atoms with E-state index in [1.165, 1.54) is 6.07 Å². The van der Waals surface area contributed by atoms with Crippen molar-refractivity contribution in [1.29, 1.82) is 0 Å². The minimum Gasteiger partial charge on any atom is -0.483 e. The molecule has 0 aromatic heterocycles. The van der Waals surface area contributed by atoms with E-state index < -0.39 is 4.92 Å². The Labute approximate surface area is 93.8 Å². The Balaban J connectivity index is 2.32. The molecule has 1 aliphatic carbocycles. The van der Waals surface area contributed by atoms with Crippen molar-refractivity contribution in [2.45, 2.75) is 18.9 Å². The van der Waals surface area contributed by atoms with Crippen LogP contribution in [0.5, 0.6) is 5.75 Å². The van der Waals surface area contributed by atoms with Gasteiger partial charge in [0.15, 0.2) is 5.75 Å². The van der Waals surface area contributed by atoms with E-state index >= 15 is 0 Å². The average molecular weight is 222 g/mol. The molecule has 0 aliphatic heterocycles. The minimum atomic E-state index is -0.398. The van der Waals surface area contributed by atoms with E-state index in [9.17, 15) is 10.1 Å². The fraction of sp³-hybridized carbons (Fsp3) is 0.455. The van der Waals surface area contributed by atoms with Gasteiger partial charge in [0, 0.05) is 25.8 Å². The molecule has 1 aromatic rings. The highest BCUT2D eigenvalue weighted by molar-refractivity contribution is 5.59. The molecule has 1 aliphatic rings. The maximum atomic E-state index is 10.9. The Morgan fingerprint density at radius 3 is 2.62 bits per heavy atom. The maximum Gasteiger partial charge on any atom is 0.312 e. The third-order valence-electron chi connectivity index (χ3n) is 2.47. The number of nitro groups is 1. The van der Waals surface area contributed by atoms with Crippen molar-refractivity contribution in [1.82, 2.24) is 0 Å². The van der Waals surface area contributed by atoms with Crippen LogP contribution in [-0.2, 0) is 0 Å². The van der Waals surface area contributed by atoms with E-state index in [-0.39, 0.29) is 11.8 Å². The van der Waals surface area contributed by atoms with Gasteiger partial charge in [0.05, 0.1) is 11.0 Å². The van der Waals surface area contributed by atoms with Gasteiger partial charge in [-0.3, -0.25) is 10.1 Å². The Bertz CT molecular complexity index is 414. The second-order valence-electron chi connectivity index (χ2n) is 4.12. The summed E-state index contributed by atoms with van der Waals surface area (Å²) in [6.07, 6.45) is 2.16. The third-order valence-corrected chi connectivity index (χ3v) is 2.47. The molecule has 0 amide bonds. The Hall–Kier alpha value is -1.78. The first kappa shape index (κ1) is 10.7. The van der Waals surface area contributed by atoms with Gasteiger partial charge in [-0.2, -0.15) is 0 Å². The summed E-state index contributed by atoms with van der Waals surface area (Å²) in [5, 5.41) is 10.9. The predicted molar refractivity (Wildman–Crippen MR) is 61.1 cm³/mol. The number of anilines is 1. The van der Waals surface area contributed by atoms with Crippen LogP contribution in [0.4, 0.5) is 11.4 Å². The van der Waals surface area contributed by atoms with Crippen LogP contribution in [0, 0.1) is 10.1 Å². The summed E-state index contributed by atoms with van der Waals surface area (Å²) in [5.74, 6) is 0.373. The van der Waals surface area contributed by atoms with E-state index in [1.54, 1.807) is 6.07 Å². The number of nitro benzene ring substituents is 1. The van der Waals surface area contributed by atoms with Gasteiger partial charge in [0.1, 0.15) is 0 Å². The SMILES string of the molecule is CN(C)c1ccc(OC2CC2)c([N+](=O)[O-])c1. The van der Waals surface area contributed by atoms with Crippen LogP contribution in [0.3, 0.4) is 0 Å². The van der Waals surface area contributed by atoms with Crippen LogP contribution in [-0.4, -0.2) is 25.1 Å². The average Bonchev–Trinajstić information content (AvgIpc) is 3.01. The van der Waals surface area contributed by atoms with Crippen molar-refractivity contribution in [3.63, 3.8) is 0 Å². The second kappa shape index (κ2) is 4.00. The first-order valence-electron chi connectivity index (χ1n) is 5.20. The Kier molecular flexibility index (Phi) is 2.68. The Morgan fingerprint density at radius 2 is 2.12 bits per heavy atom. The molecular formula is C11H14N2O3. The highest BCUT2D eigenvalue weighted by Crippen LogP contribution is 2.35. The van der Waals surface area contributed by atoms with E-state index in [0.29, 0.717) is 5.75 Å². The van der Waals surface area contributed by atoms with Crippen molar-refractivity contribution in [2.75, 3.05) is 19.0 Å². The van der Waals surface area contributed by atoms with Crippen molar-refractivity contribution >= 4 is 11.4 Å². The summed E-state index contributed by atoms with van der Waals surface area (Å²) < 4.78 is 5.49. The van der Waals surface area contributed by atoms with Crippen molar-refractivity contribution in [3.8, 4) is 5.75 Å². The zero-order chi connectivity index (χ0) is 11.7. The van der Waals surface area contributed by atoms with Crippen LogP contribution in [0.1, 0.15) is 12.8 Å². The molecule has 0 bridgehead atoms. The largest absolute Gasteiger partial charge is 0.483 e. The van der Waals surface area contributed by atoms with E-state index in [0.717, 1.165) is 18.5 Å². The van der Waals surface area contributed by atoms with Crippen LogP contribution >= 0.6 is 0 Å². The van der Waals surface area contributed by atoms with Crippen LogP contribution in [0.2, 0.25) is 0 Å². The van der Waals surface area contributed by atoms with Crippen LogP contribution in [0.15, 0.2) is 18.2 Å². The van der Waals surface area contributed by atoms with Crippen molar-refractivity contribution in [2.24, 2.45) is 0 Å². The van der Waals surface area contributed by atoms with Gasteiger partial charge in [0.25, 0.3) is 0 Å². The molecular weight excluding hydrogens is 208 g/mol. The molecule has 86 valence electrons. The Morgan fingerprint density at radius 1 is 1.44 bits per heavy atom. The van der Waals surface area contributed by atoms with Gasteiger partial charge >= 0.3 is 5.69 Å². The molecule has 2 rings (SSSR count). The molecule has 0 saturated heterocycles. The first-order chi connectivity index (χ1) is 7.58. The summed E-state index contributed by atoms with van der Waals surface area (Å²) in [5.41, 5.74) is 0.841. The fourth-order valence-electron chi connectivity index (χ4n) is 1.39. The molecule has 16 heavy (non-hydrogen) atoms. The monoisotopic (exact) mass is 222 g/mol.